The third-order valence-corrected chi connectivity index (χ3v) is 8.90. The molecule has 1 aliphatic carbocycles. The molecule has 2 fully saturated rings. The first kappa shape index (κ1) is 24.3. The van der Waals surface area contributed by atoms with Crippen LogP contribution in [-0.2, 0) is 28.3 Å². The summed E-state index contributed by atoms with van der Waals surface area (Å²) in [5.74, 6) is -1.18. The van der Waals surface area contributed by atoms with Gasteiger partial charge in [-0.2, -0.15) is 13.2 Å². The van der Waals surface area contributed by atoms with E-state index in [0.29, 0.717) is 18.2 Å². The van der Waals surface area contributed by atoms with E-state index in [0.717, 1.165) is 17.4 Å². The van der Waals surface area contributed by atoms with Crippen molar-refractivity contribution in [2.75, 3.05) is 26.7 Å². The third kappa shape index (κ3) is 4.25. The summed E-state index contributed by atoms with van der Waals surface area (Å²) in [6, 6.07) is 6.24. The Morgan fingerprint density at radius 2 is 1.71 bits per heavy atom. The number of carbonyl (C=O) groups excluding carboxylic acids is 1. The van der Waals surface area contributed by atoms with Gasteiger partial charge in [-0.1, -0.05) is 0 Å². The number of nitrogens with zero attached hydrogens (tertiary/aromatic N) is 3. The van der Waals surface area contributed by atoms with E-state index < -0.39 is 33.2 Å². The number of likely N-dealkylation sites (tertiary alicyclic amines) is 1. The summed E-state index contributed by atoms with van der Waals surface area (Å²) in [4.78, 5) is 16.6. The molecule has 1 N–H and O–H groups in total. The quantitative estimate of drug-likeness (QED) is 0.633. The Labute approximate surface area is 202 Å². The number of halogens is 4. The fourth-order valence-electron chi connectivity index (χ4n) is 5.25. The molecule has 0 radical (unpaired) electrons. The number of hydrogen-bond donors (Lipinski definition) is 1. The van der Waals surface area contributed by atoms with Crippen molar-refractivity contribution >= 4 is 15.9 Å². The van der Waals surface area contributed by atoms with Crippen molar-refractivity contribution in [3.63, 3.8) is 0 Å². The maximum atomic E-state index is 14.9. The SMILES string of the molecule is CN1CCn2c(C(F)(F)F)cc(F)c2C12CCN(C(=O)c1ccc(S(=O)(=O)NC3CC3)cc1)CC2.[HH]. The van der Waals surface area contributed by atoms with Crippen LogP contribution in [0.1, 0.15) is 48.9 Å². The second-order valence-corrected chi connectivity index (χ2v) is 11.3. The van der Waals surface area contributed by atoms with Crippen molar-refractivity contribution in [2.45, 2.75) is 54.9 Å². The number of nitrogens with one attached hydrogen (secondary N) is 1. The monoisotopic (exact) mass is 516 g/mol. The molecule has 35 heavy (non-hydrogen) atoms. The van der Waals surface area contributed by atoms with Crippen LogP contribution >= 0.6 is 0 Å². The lowest BCUT2D eigenvalue weighted by atomic mass is 9.81. The van der Waals surface area contributed by atoms with Crippen LogP contribution < -0.4 is 4.72 Å². The van der Waals surface area contributed by atoms with Crippen molar-refractivity contribution in [3.05, 3.63) is 53.1 Å². The molecule has 2 aromatic rings. The Bertz CT molecular complexity index is 1250. The summed E-state index contributed by atoms with van der Waals surface area (Å²) in [5, 5.41) is 0. The number of amides is 1. The van der Waals surface area contributed by atoms with E-state index in [1.54, 1.807) is 11.9 Å². The molecule has 0 unspecified atom stereocenters. The van der Waals surface area contributed by atoms with E-state index in [-0.39, 0.29) is 56.4 Å². The molecular weight excluding hydrogens is 488 g/mol. The highest BCUT2D eigenvalue weighted by atomic mass is 32.2. The molecule has 5 rings (SSSR count). The van der Waals surface area contributed by atoms with Gasteiger partial charge in [0, 0.05) is 45.3 Å². The fraction of sp³-hybridized carbons (Fsp3) is 0.522. The van der Waals surface area contributed by atoms with E-state index in [4.69, 9.17) is 0 Å². The maximum absolute atomic E-state index is 14.9. The van der Waals surface area contributed by atoms with Crippen molar-refractivity contribution < 1.29 is 32.2 Å². The number of sulfonamides is 1. The standard InChI is InChI=1S/C23H26F4N4O3S.H2/c1-29-12-13-31-19(23(25,26)27)14-18(24)20(31)22(29)8-10-30(11-9-22)21(32)15-2-6-17(7-3-15)35(33,34)28-16-4-5-16;/h2-3,6-7,14,16,28H,4-5,8-13H2,1H3;1H. The first-order valence-corrected chi connectivity index (χ1v) is 13.0. The number of carbonyl (C=O) groups is 1. The summed E-state index contributed by atoms with van der Waals surface area (Å²) in [6.07, 6.45) is -2.46. The van der Waals surface area contributed by atoms with Crippen molar-refractivity contribution in [3.8, 4) is 0 Å². The maximum Gasteiger partial charge on any atom is 0.431 e. The van der Waals surface area contributed by atoms with E-state index in [1.165, 1.54) is 24.3 Å². The van der Waals surface area contributed by atoms with E-state index in [1.807, 2.05) is 4.90 Å². The predicted octanol–water partition coefficient (Wildman–Crippen LogP) is 3.41. The first-order valence-electron chi connectivity index (χ1n) is 11.5. The molecule has 1 aromatic carbocycles. The lowest BCUT2D eigenvalue weighted by Crippen LogP contribution is -2.57. The van der Waals surface area contributed by atoms with Gasteiger partial charge in [0.25, 0.3) is 5.91 Å². The van der Waals surface area contributed by atoms with Gasteiger partial charge in [0.1, 0.15) is 11.5 Å². The van der Waals surface area contributed by atoms with Crippen LogP contribution in [0.4, 0.5) is 17.6 Å². The second kappa shape index (κ2) is 8.31. The zero-order valence-electron chi connectivity index (χ0n) is 19.1. The van der Waals surface area contributed by atoms with Crippen molar-refractivity contribution in [1.29, 1.82) is 0 Å². The number of piperidine rings is 1. The second-order valence-electron chi connectivity index (χ2n) is 9.54. The highest BCUT2D eigenvalue weighted by Gasteiger charge is 2.49. The minimum Gasteiger partial charge on any atom is -0.338 e. The van der Waals surface area contributed by atoms with Crippen LogP contribution in [0.25, 0.3) is 0 Å². The van der Waals surface area contributed by atoms with E-state index in [9.17, 15) is 30.8 Å². The molecule has 3 aliphatic rings. The highest BCUT2D eigenvalue weighted by Crippen LogP contribution is 2.45. The summed E-state index contributed by atoms with van der Waals surface area (Å²) >= 11 is 0. The molecule has 3 heterocycles. The van der Waals surface area contributed by atoms with Crippen LogP contribution in [0.2, 0.25) is 0 Å². The predicted molar refractivity (Wildman–Crippen MR) is 121 cm³/mol. The number of rotatable bonds is 4. The molecule has 2 aliphatic heterocycles. The molecule has 1 saturated heterocycles. The van der Waals surface area contributed by atoms with Crippen molar-refractivity contribution in [1.82, 2.24) is 19.1 Å². The van der Waals surface area contributed by atoms with Gasteiger partial charge in [-0.15, -0.1) is 0 Å². The molecule has 7 nitrogen and oxygen atoms in total. The van der Waals surface area contributed by atoms with Gasteiger partial charge in [-0.3, -0.25) is 9.69 Å². The van der Waals surface area contributed by atoms with Gasteiger partial charge in [0.15, 0.2) is 0 Å². The van der Waals surface area contributed by atoms with Gasteiger partial charge in [-0.25, -0.2) is 17.5 Å². The largest absolute Gasteiger partial charge is 0.431 e. The summed E-state index contributed by atoms with van der Waals surface area (Å²) in [6.45, 7) is 0.847. The number of likely N-dealkylation sites (N-methyl/N-ethyl adjacent to an activating group) is 1. The fourth-order valence-corrected chi connectivity index (χ4v) is 6.55. The number of aromatic nitrogens is 1. The molecule has 1 aromatic heterocycles. The van der Waals surface area contributed by atoms with Crippen molar-refractivity contribution in [2.24, 2.45) is 0 Å². The highest BCUT2D eigenvalue weighted by molar-refractivity contribution is 7.89. The van der Waals surface area contributed by atoms with Crippen LogP contribution in [0.3, 0.4) is 0 Å². The van der Waals surface area contributed by atoms with Crippen LogP contribution in [0, 0.1) is 5.82 Å². The van der Waals surface area contributed by atoms with Gasteiger partial charge in [0.2, 0.25) is 10.0 Å². The van der Waals surface area contributed by atoms with E-state index in [2.05, 4.69) is 4.72 Å². The molecule has 192 valence electrons. The minimum atomic E-state index is -4.65. The van der Waals surface area contributed by atoms with Gasteiger partial charge in [-0.05, 0) is 57.0 Å². The first-order chi connectivity index (χ1) is 16.4. The Morgan fingerprint density at radius 3 is 2.29 bits per heavy atom. The Balaban J connectivity index is 0.00000304. The zero-order valence-corrected chi connectivity index (χ0v) is 19.9. The van der Waals surface area contributed by atoms with Crippen LogP contribution in [0.5, 0.6) is 0 Å². The number of hydrogen-bond acceptors (Lipinski definition) is 4. The summed E-state index contributed by atoms with van der Waals surface area (Å²) < 4.78 is 83.6. The number of fused-ring (bicyclic) bond motifs is 2. The van der Waals surface area contributed by atoms with Gasteiger partial charge >= 0.3 is 6.18 Å². The molecular formula is C23H28F4N4O3S. The summed E-state index contributed by atoms with van der Waals surface area (Å²) in [7, 11) is -1.86. The molecule has 0 bridgehead atoms. The smallest absolute Gasteiger partial charge is 0.338 e. The van der Waals surface area contributed by atoms with Gasteiger partial charge < -0.3 is 9.47 Å². The summed E-state index contributed by atoms with van der Waals surface area (Å²) in [5.41, 5.74) is -1.57. The normalized spacial score (nSPS) is 20.8. The van der Waals surface area contributed by atoms with Crippen LogP contribution in [-0.4, -0.2) is 61.4 Å². The molecule has 1 saturated carbocycles. The lowest BCUT2D eigenvalue weighted by molar-refractivity contribution is -0.144. The average Bonchev–Trinajstić information content (AvgIpc) is 3.54. The lowest BCUT2D eigenvalue weighted by Gasteiger charge is -2.50. The molecule has 12 heteroatoms. The molecule has 1 amide bonds. The zero-order chi connectivity index (χ0) is 25.2. The minimum absolute atomic E-state index is 0. The average molecular weight is 517 g/mol. The Hall–Kier alpha value is -2.44. The molecule has 0 atom stereocenters. The Kier molecular flexibility index (Phi) is 5.76. The Morgan fingerprint density at radius 1 is 1.09 bits per heavy atom. The number of benzene rings is 1. The number of alkyl halides is 3. The topological polar surface area (TPSA) is 74.6 Å². The van der Waals surface area contributed by atoms with Gasteiger partial charge in [0.05, 0.1) is 16.1 Å². The third-order valence-electron chi connectivity index (χ3n) is 7.36. The van der Waals surface area contributed by atoms with Crippen LogP contribution in [0.15, 0.2) is 35.2 Å². The molecule has 1 spiro atoms. The van der Waals surface area contributed by atoms with E-state index >= 15 is 0 Å².